The number of aromatic nitrogens is 1. The van der Waals surface area contributed by atoms with Gasteiger partial charge in [0.2, 0.25) is 0 Å². The van der Waals surface area contributed by atoms with Crippen LogP contribution in [-0.2, 0) is 11.8 Å². The summed E-state index contributed by atoms with van der Waals surface area (Å²) >= 11 is 0. The van der Waals surface area contributed by atoms with Crippen LogP contribution in [0.4, 0.5) is 0 Å². The summed E-state index contributed by atoms with van der Waals surface area (Å²) in [6.45, 7) is 2.48. The van der Waals surface area contributed by atoms with E-state index in [1.54, 1.807) is 19.2 Å². The largest absolute Gasteiger partial charge is 0.494 e. The summed E-state index contributed by atoms with van der Waals surface area (Å²) in [5.41, 5.74) is 1.67. The molecule has 1 aromatic heterocycles. The lowest BCUT2D eigenvalue weighted by atomic mass is 10.1. The zero-order chi connectivity index (χ0) is 16.1. The number of benzene rings is 1. The summed E-state index contributed by atoms with van der Waals surface area (Å²) in [4.78, 5) is 22.8. The second-order valence-electron chi connectivity index (χ2n) is 4.67. The molecule has 1 aromatic carbocycles. The number of nitrogens with zero attached hydrogens (tertiary/aromatic N) is 1. The average molecular weight is 299 g/mol. The third-order valence-corrected chi connectivity index (χ3v) is 3.18. The molecule has 5 nitrogen and oxygen atoms in total. The highest BCUT2D eigenvalue weighted by Crippen LogP contribution is 2.23. The fourth-order valence-electron chi connectivity index (χ4n) is 2.14. The summed E-state index contributed by atoms with van der Waals surface area (Å²) in [7, 11) is 1.66. The predicted molar refractivity (Wildman–Crippen MR) is 85.0 cm³/mol. The van der Waals surface area contributed by atoms with Crippen molar-refractivity contribution in [3.05, 3.63) is 58.4 Å². The maximum Gasteiger partial charge on any atom is 0.328 e. The topological polar surface area (TPSA) is 68.5 Å². The van der Waals surface area contributed by atoms with E-state index < -0.39 is 5.97 Å². The molecule has 0 aliphatic heterocycles. The zero-order valence-electron chi connectivity index (χ0n) is 12.4. The molecule has 0 spiro atoms. The first-order valence-electron chi connectivity index (χ1n) is 6.87. The Kier molecular flexibility index (Phi) is 4.78. The standard InChI is InChI=1S/C17H17NO4/c1-3-22-14-6-4-5-13(11-14)15-9-7-12(8-10-16(19)20)17(21)18(15)2/h4-11H,3H2,1-2H3,(H,19,20)/b10-8+. The molecule has 0 saturated heterocycles. The molecule has 0 atom stereocenters. The Balaban J connectivity index is 2.45. The molecule has 5 heteroatoms. The van der Waals surface area contributed by atoms with Gasteiger partial charge in [0, 0.05) is 24.3 Å². The van der Waals surface area contributed by atoms with Crippen molar-refractivity contribution >= 4 is 12.0 Å². The minimum Gasteiger partial charge on any atom is -0.494 e. The van der Waals surface area contributed by atoms with Crippen molar-refractivity contribution in [1.82, 2.24) is 4.57 Å². The van der Waals surface area contributed by atoms with E-state index in [1.807, 2.05) is 31.2 Å². The van der Waals surface area contributed by atoms with Gasteiger partial charge in [-0.25, -0.2) is 4.79 Å². The number of carbonyl (C=O) groups is 1. The third kappa shape index (κ3) is 3.44. The van der Waals surface area contributed by atoms with Gasteiger partial charge in [-0.3, -0.25) is 4.79 Å². The number of hydrogen-bond donors (Lipinski definition) is 1. The summed E-state index contributed by atoms with van der Waals surface area (Å²) < 4.78 is 6.96. The lowest BCUT2D eigenvalue weighted by molar-refractivity contribution is -0.131. The molecule has 2 aromatic rings. The minimum atomic E-state index is -1.09. The van der Waals surface area contributed by atoms with Gasteiger partial charge in [0.1, 0.15) is 5.75 Å². The molecule has 0 fully saturated rings. The van der Waals surface area contributed by atoms with Crippen LogP contribution >= 0.6 is 0 Å². The summed E-state index contributed by atoms with van der Waals surface area (Å²) in [5, 5.41) is 8.64. The first-order valence-corrected chi connectivity index (χ1v) is 6.87. The van der Waals surface area contributed by atoms with Crippen LogP contribution in [0.2, 0.25) is 0 Å². The molecule has 0 unspecified atom stereocenters. The monoisotopic (exact) mass is 299 g/mol. The molecule has 0 radical (unpaired) electrons. The lowest BCUT2D eigenvalue weighted by Crippen LogP contribution is -2.20. The Morgan fingerprint density at radius 2 is 2.09 bits per heavy atom. The maximum atomic E-state index is 12.3. The molecule has 0 amide bonds. The number of ether oxygens (including phenoxy) is 1. The molecule has 1 N–H and O–H groups in total. The van der Waals surface area contributed by atoms with E-state index >= 15 is 0 Å². The van der Waals surface area contributed by atoms with Crippen molar-refractivity contribution in [3.63, 3.8) is 0 Å². The average Bonchev–Trinajstić information content (AvgIpc) is 2.49. The Bertz CT molecular complexity index is 774. The van der Waals surface area contributed by atoms with E-state index in [0.29, 0.717) is 12.2 Å². The van der Waals surface area contributed by atoms with Crippen LogP contribution in [-0.4, -0.2) is 22.2 Å². The Hall–Kier alpha value is -2.82. The number of carboxylic acids is 1. The molecule has 2 rings (SSSR count). The second kappa shape index (κ2) is 6.76. The molecular weight excluding hydrogens is 282 g/mol. The van der Waals surface area contributed by atoms with E-state index in [9.17, 15) is 9.59 Å². The quantitative estimate of drug-likeness (QED) is 0.861. The molecule has 22 heavy (non-hydrogen) atoms. The van der Waals surface area contributed by atoms with Gasteiger partial charge < -0.3 is 14.4 Å². The SMILES string of the molecule is CCOc1cccc(-c2ccc(/C=C/C(=O)O)c(=O)n2C)c1. The maximum absolute atomic E-state index is 12.3. The van der Waals surface area contributed by atoms with Gasteiger partial charge in [0.25, 0.3) is 5.56 Å². The molecular formula is C17H17NO4. The van der Waals surface area contributed by atoms with Crippen molar-refractivity contribution in [2.45, 2.75) is 6.92 Å². The van der Waals surface area contributed by atoms with Gasteiger partial charge >= 0.3 is 5.97 Å². The van der Waals surface area contributed by atoms with Crippen LogP contribution in [0.3, 0.4) is 0 Å². The lowest BCUT2D eigenvalue weighted by Gasteiger charge is -2.11. The van der Waals surface area contributed by atoms with Crippen LogP contribution in [0, 0.1) is 0 Å². The van der Waals surface area contributed by atoms with E-state index in [1.165, 1.54) is 10.6 Å². The molecule has 0 bridgehead atoms. The van der Waals surface area contributed by atoms with Crippen molar-refractivity contribution in [2.75, 3.05) is 6.61 Å². The fourth-order valence-corrected chi connectivity index (χ4v) is 2.14. The Labute approximate surface area is 128 Å². The first kappa shape index (κ1) is 15.6. The summed E-state index contributed by atoms with van der Waals surface area (Å²) in [5.74, 6) is -0.349. The van der Waals surface area contributed by atoms with Crippen molar-refractivity contribution < 1.29 is 14.6 Å². The molecule has 114 valence electrons. The van der Waals surface area contributed by atoms with E-state index in [2.05, 4.69) is 0 Å². The van der Waals surface area contributed by atoms with Crippen molar-refractivity contribution in [2.24, 2.45) is 7.05 Å². The van der Waals surface area contributed by atoms with Gasteiger partial charge in [-0.2, -0.15) is 0 Å². The summed E-state index contributed by atoms with van der Waals surface area (Å²) in [6.07, 6.45) is 2.25. The first-order chi connectivity index (χ1) is 10.5. The van der Waals surface area contributed by atoms with Gasteiger partial charge in [0.15, 0.2) is 0 Å². The highest BCUT2D eigenvalue weighted by atomic mass is 16.5. The van der Waals surface area contributed by atoms with Gasteiger partial charge in [-0.15, -0.1) is 0 Å². The Morgan fingerprint density at radius 1 is 1.32 bits per heavy atom. The van der Waals surface area contributed by atoms with Crippen LogP contribution in [0.15, 0.2) is 47.3 Å². The van der Waals surface area contributed by atoms with Gasteiger partial charge in [0.05, 0.1) is 12.3 Å². The third-order valence-electron chi connectivity index (χ3n) is 3.18. The van der Waals surface area contributed by atoms with Crippen LogP contribution in [0.5, 0.6) is 5.75 Å². The molecule has 0 saturated carbocycles. The van der Waals surface area contributed by atoms with Gasteiger partial charge in [-0.1, -0.05) is 12.1 Å². The predicted octanol–water partition coefficient (Wildman–Crippen LogP) is 2.55. The van der Waals surface area contributed by atoms with Crippen LogP contribution in [0.1, 0.15) is 12.5 Å². The zero-order valence-corrected chi connectivity index (χ0v) is 12.4. The minimum absolute atomic E-state index is 0.253. The van der Waals surface area contributed by atoms with E-state index in [-0.39, 0.29) is 5.56 Å². The van der Waals surface area contributed by atoms with Crippen LogP contribution in [0.25, 0.3) is 17.3 Å². The number of hydrogen-bond acceptors (Lipinski definition) is 3. The number of rotatable bonds is 5. The fraction of sp³-hybridized carbons (Fsp3) is 0.176. The smallest absolute Gasteiger partial charge is 0.328 e. The number of pyridine rings is 1. The van der Waals surface area contributed by atoms with Crippen molar-refractivity contribution in [3.8, 4) is 17.0 Å². The molecule has 0 aliphatic rings. The summed E-state index contributed by atoms with van der Waals surface area (Å²) in [6, 6.07) is 10.9. The van der Waals surface area contributed by atoms with E-state index in [0.717, 1.165) is 23.1 Å². The highest BCUT2D eigenvalue weighted by Gasteiger charge is 2.07. The van der Waals surface area contributed by atoms with Crippen molar-refractivity contribution in [1.29, 1.82) is 0 Å². The normalized spacial score (nSPS) is 10.8. The van der Waals surface area contributed by atoms with Gasteiger partial charge in [-0.05, 0) is 37.3 Å². The highest BCUT2D eigenvalue weighted by molar-refractivity contribution is 5.85. The molecule has 0 aliphatic carbocycles. The second-order valence-corrected chi connectivity index (χ2v) is 4.67. The number of aliphatic carboxylic acids is 1. The Morgan fingerprint density at radius 3 is 2.77 bits per heavy atom. The van der Waals surface area contributed by atoms with E-state index in [4.69, 9.17) is 9.84 Å². The number of carboxylic acid groups (broad SMARTS) is 1. The molecule has 1 heterocycles. The van der Waals surface area contributed by atoms with Crippen LogP contribution < -0.4 is 10.3 Å².